The zero-order chi connectivity index (χ0) is 17.1. The quantitative estimate of drug-likeness (QED) is 0.850. The molecule has 0 amide bonds. The van der Waals surface area contributed by atoms with Crippen LogP contribution >= 0.6 is 12.4 Å². The van der Waals surface area contributed by atoms with Gasteiger partial charge in [0.1, 0.15) is 0 Å². The number of nitrogens with zero attached hydrogens (tertiary/aromatic N) is 3. The van der Waals surface area contributed by atoms with E-state index in [1.54, 1.807) is 0 Å². The molecule has 1 aromatic carbocycles. The summed E-state index contributed by atoms with van der Waals surface area (Å²) in [6.45, 7) is 14.4. The summed E-state index contributed by atoms with van der Waals surface area (Å²) in [5.41, 5.74) is 3.57. The van der Waals surface area contributed by atoms with Gasteiger partial charge in [-0.05, 0) is 55.9 Å². The van der Waals surface area contributed by atoms with Gasteiger partial charge in [-0.1, -0.05) is 25.1 Å². The monoisotopic (exact) mass is 378 g/mol. The minimum atomic E-state index is 0. The van der Waals surface area contributed by atoms with E-state index in [0.717, 1.165) is 6.54 Å². The number of benzene rings is 1. The van der Waals surface area contributed by atoms with Crippen LogP contribution in [-0.4, -0.2) is 68.7 Å². The lowest BCUT2D eigenvalue weighted by atomic mass is 9.86. The minimum Gasteiger partial charge on any atom is -0.369 e. The van der Waals surface area contributed by atoms with Crippen molar-refractivity contribution in [3.8, 4) is 0 Å². The van der Waals surface area contributed by atoms with Crippen molar-refractivity contribution < 1.29 is 0 Å². The maximum Gasteiger partial charge on any atom is 0.0412 e. The van der Waals surface area contributed by atoms with Crippen molar-refractivity contribution in [1.82, 2.24) is 15.1 Å². The van der Waals surface area contributed by atoms with E-state index in [0.29, 0.717) is 5.41 Å². The molecule has 4 nitrogen and oxygen atoms in total. The second-order valence-corrected chi connectivity index (χ2v) is 8.34. The summed E-state index contributed by atoms with van der Waals surface area (Å²) in [4.78, 5) is 7.92. The van der Waals surface area contributed by atoms with Gasteiger partial charge in [0, 0.05) is 51.5 Å². The molecule has 3 fully saturated rings. The Morgan fingerprint density at radius 1 is 1.00 bits per heavy atom. The van der Waals surface area contributed by atoms with E-state index >= 15 is 0 Å². The van der Waals surface area contributed by atoms with Gasteiger partial charge in [-0.15, -0.1) is 12.4 Å². The Hall–Kier alpha value is -0.810. The van der Waals surface area contributed by atoms with Crippen LogP contribution < -0.4 is 10.2 Å². The van der Waals surface area contributed by atoms with Gasteiger partial charge in [0.05, 0.1) is 0 Å². The molecule has 0 bridgehead atoms. The van der Waals surface area contributed by atoms with Crippen molar-refractivity contribution in [2.24, 2.45) is 5.41 Å². The van der Waals surface area contributed by atoms with Crippen molar-refractivity contribution in [3.05, 3.63) is 29.8 Å². The Morgan fingerprint density at radius 3 is 2.54 bits per heavy atom. The van der Waals surface area contributed by atoms with E-state index < -0.39 is 0 Å². The highest BCUT2D eigenvalue weighted by molar-refractivity contribution is 5.85. The molecule has 0 saturated carbocycles. The molecule has 4 rings (SSSR count). The number of hydrogen-bond acceptors (Lipinski definition) is 4. The lowest BCUT2D eigenvalue weighted by Crippen LogP contribution is -2.47. The minimum absolute atomic E-state index is 0. The second kappa shape index (κ2) is 8.92. The Balaban J connectivity index is 0.00000196. The third-order valence-electron chi connectivity index (χ3n) is 6.49. The van der Waals surface area contributed by atoms with Crippen LogP contribution in [0.1, 0.15) is 31.7 Å². The van der Waals surface area contributed by atoms with Crippen LogP contribution in [0.2, 0.25) is 0 Å². The molecule has 1 N–H and O–H groups in total. The zero-order valence-corrected chi connectivity index (χ0v) is 17.1. The van der Waals surface area contributed by atoms with E-state index in [-0.39, 0.29) is 12.4 Å². The first kappa shape index (κ1) is 19.9. The van der Waals surface area contributed by atoms with Crippen molar-refractivity contribution >= 4 is 18.1 Å². The fourth-order valence-corrected chi connectivity index (χ4v) is 5.03. The second-order valence-electron chi connectivity index (χ2n) is 8.34. The molecule has 146 valence electrons. The van der Waals surface area contributed by atoms with E-state index in [2.05, 4.69) is 51.2 Å². The maximum absolute atomic E-state index is 3.58. The number of likely N-dealkylation sites (tertiary alicyclic amines) is 1. The molecule has 1 unspecified atom stereocenters. The third kappa shape index (κ3) is 4.36. The summed E-state index contributed by atoms with van der Waals surface area (Å²) in [6.07, 6.45) is 4.00. The molecule has 26 heavy (non-hydrogen) atoms. The predicted molar refractivity (Wildman–Crippen MR) is 112 cm³/mol. The fraction of sp³-hybridized carbons (Fsp3) is 0.714. The van der Waals surface area contributed by atoms with Crippen LogP contribution in [0.15, 0.2) is 24.3 Å². The number of rotatable bonds is 5. The Bertz CT molecular complexity index is 565. The van der Waals surface area contributed by atoms with Crippen LogP contribution in [-0.2, 0) is 6.54 Å². The molecule has 5 heteroatoms. The number of hydrogen-bond donors (Lipinski definition) is 1. The third-order valence-corrected chi connectivity index (χ3v) is 6.49. The molecular weight excluding hydrogens is 344 g/mol. The topological polar surface area (TPSA) is 21.8 Å². The van der Waals surface area contributed by atoms with Gasteiger partial charge in [-0.3, -0.25) is 9.80 Å². The maximum atomic E-state index is 3.58. The predicted octanol–water partition coefficient (Wildman–Crippen LogP) is 2.83. The van der Waals surface area contributed by atoms with Gasteiger partial charge in [-0.25, -0.2) is 0 Å². The van der Waals surface area contributed by atoms with Gasteiger partial charge < -0.3 is 10.2 Å². The van der Waals surface area contributed by atoms with Gasteiger partial charge in [0.15, 0.2) is 0 Å². The van der Waals surface area contributed by atoms with Crippen LogP contribution in [0, 0.1) is 5.41 Å². The highest BCUT2D eigenvalue weighted by Crippen LogP contribution is 2.37. The standard InChI is InChI=1S/C21H34N4.ClH/c1-2-10-23-12-14-25(15-13-23)20-6-4-3-5-19(20)16-24-11-8-21(18-24)7-9-22-17-21;/h3-6,22H,2,7-18H2,1H3;1H. The van der Waals surface area contributed by atoms with Crippen molar-refractivity contribution in [2.75, 3.05) is 63.8 Å². The Labute approximate surface area is 165 Å². The summed E-state index contributed by atoms with van der Waals surface area (Å²) < 4.78 is 0. The van der Waals surface area contributed by atoms with E-state index in [4.69, 9.17) is 0 Å². The van der Waals surface area contributed by atoms with Crippen molar-refractivity contribution in [2.45, 2.75) is 32.7 Å². The summed E-state index contributed by atoms with van der Waals surface area (Å²) in [5.74, 6) is 0. The molecule has 0 aromatic heterocycles. The van der Waals surface area contributed by atoms with Crippen LogP contribution in [0.4, 0.5) is 5.69 Å². The molecule has 3 aliphatic heterocycles. The number of para-hydroxylation sites is 1. The molecule has 3 saturated heterocycles. The van der Waals surface area contributed by atoms with Crippen molar-refractivity contribution in [3.63, 3.8) is 0 Å². The van der Waals surface area contributed by atoms with Crippen LogP contribution in [0.3, 0.4) is 0 Å². The zero-order valence-electron chi connectivity index (χ0n) is 16.3. The Kier molecular flexibility index (Phi) is 6.84. The summed E-state index contributed by atoms with van der Waals surface area (Å²) >= 11 is 0. The summed E-state index contributed by atoms with van der Waals surface area (Å²) in [5, 5.41) is 3.58. The molecule has 1 aromatic rings. The van der Waals surface area contributed by atoms with Gasteiger partial charge >= 0.3 is 0 Å². The molecule has 3 heterocycles. The highest BCUT2D eigenvalue weighted by Gasteiger charge is 2.40. The molecule has 0 aliphatic carbocycles. The Morgan fingerprint density at radius 2 is 1.81 bits per heavy atom. The van der Waals surface area contributed by atoms with Gasteiger partial charge in [0.2, 0.25) is 0 Å². The van der Waals surface area contributed by atoms with E-state index in [9.17, 15) is 0 Å². The lowest BCUT2D eigenvalue weighted by Gasteiger charge is -2.37. The molecule has 3 aliphatic rings. The van der Waals surface area contributed by atoms with Gasteiger partial charge in [0.25, 0.3) is 0 Å². The number of halogens is 1. The molecule has 1 atom stereocenters. The average molecular weight is 379 g/mol. The highest BCUT2D eigenvalue weighted by atomic mass is 35.5. The average Bonchev–Trinajstić information content (AvgIpc) is 3.26. The number of anilines is 1. The number of nitrogens with one attached hydrogen (secondary N) is 1. The first-order valence-electron chi connectivity index (χ1n) is 10.3. The smallest absolute Gasteiger partial charge is 0.0412 e. The largest absolute Gasteiger partial charge is 0.369 e. The van der Waals surface area contributed by atoms with Crippen molar-refractivity contribution in [1.29, 1.82) is 0 Å². The van der Waals surface area contributed by atoms with E-state index in [1.165, 1.54) is 89.4 Å². The molecule has 1 spiro atoms. The SMILES string of the molecule is CCCN1CCN(c2ccccc2CN2CCC3(CCNC3)C2)CC1.Cl. The fourth-order valence-electron chi connectivity index (χ4n) is 5.03. The summed E-state index contributed by atoms with van der Waals surface area (Å²) in [7, 11) is 0. The first-order chi connectivity index (χ1) is 12.3. The molecular formula is C21H35ClN4. The van der Waals surface area contributed by atoms with Crippen LogP contribution in [0.25, 0.3) is 0 Å². The normalized spacial score (nSPS) is 27.2. The lowest BCUT2D eigenvalue weighted by molar-refractivity contribution is 0.256. The molecule has 0 radical (unpaired) electrons. The number of piperazine rings is 1. The van der Waals surface area contributed by atoms with E-state index in [1.807, 2.05) is 0 Å². The van der Waals surface area contributed by atoms with Crippen LogP contribution in [0.5, 0.6) is 0 Å². The summed E-state index contributed by atoms with van der Waals surface area (Å²) in [6, 6.07) is 9.12. The van der Waals surface area contributed by atoms with Gasteiger partial charge in [-0.2, -0.15) is 0 Å². The first-order valence-corrected chi connectivity index (χ1v) is 10.3.